The minimum Gasteiger partial charge on any atom is -0.384 e. The van der Waals surface area contributed by atoms with Crippen molar-refractivity contribution in [3.05, 3.63) is 35.6 Å². The lowest BCUT2D eigenvalue weighted by Gasteiger charge is -2.23. The predicted octanol–water partition coefficient (Wildman–Crippen LogP) is 0.810. The van der Waals surface area contributed by atoms with Gasteiger partial charge in [0.1, 0.15) is 11.9 Å². The van der Waals surface area contributed by atoms with Gasteiger partial charge in [0.05, 0.1) is 6.42 Å². The summed E-state index contributed by atoms with van der Waals surface area (Å²) in [4.78, 5) is 27.4. The van der Waals surface area contributed by atoms with E-state index in [1.165, 1.54) is 19.1 Å². The van der Waals surface area contributed by atoms with Crippen molar-refractivity contribution in [2.45, 2.75) is 25.9 Å². The fourth-order valence-corrected chi connectivity index (χ4v) is 2.58. The van der Waals surface area contributed by atoms with E-state index in [1.54, 1.807) is 21.9 Å². The lowest BCUT2D eigenvalue weighted by molar-refractivity contribution is -0.139. The molecule has 1 fully saturated rings. The summed E-state index contributed by atoms with van der Waals surface area (Å²) in [7, 11) is 0. The molecule has 1 saturated heterocycles. The number of aliphatic hydroxyl groups excluding tert-OH is 1. The Hall–Kier alpha value is -1.95. The second-order valence-electron chi connectivity index (χ2n) is 5.54. The topological polar surface area (TPSA) is 60.9 Å². The van der Waals surface area contributed by atoms with Crippen LogP contribution in [0, 0.1) is 5.82 Å². The van der Waals surface area contributed by atoms with Crippen LogP contribution in [0.25, 0.3) is 0 Å². The zero-order chi connectivity index (χ0) is 16.1. The minimum atomic E-state index is -1.02. The number of hydrogen-bond acceptors (Lipinski definition) is 3. The number of halogens is 1. The molecule has 1 atom stereocenters. The van der Waals surface area contributed by atoms with Crippen molar-refractivity contribution in [3.8, 4) is 0 Å². The first-order valence-electron chi connectivity index (χ1n) is 7.46. The highest BCUT2D eigenvalue weighted by Crippen LogP contribution is 2.10. The lowest BCUT2D eigenvalue weighted by atomic mass is 10.1. The van der Waals surface area contributed by atoms with Gasteiger partial charge in [0.15, 0.2) is 0 Å². The fraction of sp³-hybridized carbons (Fsp3) is 0.500. The van der Waals surface area contributed by atoms with Gasteiger partial charge >= 0.3 is 0 Å². The third-order valence-corrected chi connectivity index (χ3v) is 3.76. The van der Waals surface area contributed by atoms with E-state index in [-0.39, 0.29) is 24.1 Å². The normalized spacial score (nSPS) is 17.0. The molecular weight excluding hydrogens is 287 g/mol. The molecule has 2 rings (SSSR count). The van der Waals surface area contributed by atoms with Crippen molar-refractivity contribution < 1.29 is 19.1 Å². The molecule has 0 aromatic heterocycles. The largest absolute Gasteiger partial charge is 0.384 e. The molecule has 22 heavy (non-hydrogen) atoms. The van der Waals surface area contributed by atoms with Crippen molar-refractivity contribution in [1.29, 1.82) is 0 Å². The van der Waals surface area contributed by atoms with Crippen LogP contribution in [-0.2, 0) is 16.0 Å². The van der Waals surface area contributed by atoms with Gasteiger partial charge in [0.25, 0.3) is 5.91 Å². The molecule has 5 nitrogen and oxygen atoms in total. The van der Waals surface area contributed by atoms with Crippen LogP contribution in [0.5, 0.6) is 0 Å². The highest BCUT2D eigenvalue weighted by Gasteiger charge is 2.24. The molecule has 1 aromatic rings. The Bertz CT molecular complexity index is 548. The molecule has 0 saturated carbocycles. The van der Waals surface area contributed by atoms with Crippen LogP contribution in [0.2, 0.25) is 0 Å². The Labute approximate surface area is 129 Å². The van der Waals surface area contributed by atoms with Crippen LogP contribution < -0.4 is 0 Å². The number of carbonyl (C=O) groups excluding carboxylic acids is 2. The Balaban J connectivity index is 1.93. The van der Waals surface area contributed by atoms with Crippen molar-refractivity contribution in [1.82, 2.24) is 9.80 Å². The summed E-state index contributed by atoms with van der Waals surface area (Å²) in [6.07, 6.45) is -0.190. The number of benzene rings is 1. The quantitative estimate of drug-likeness (QED) is 0.899. The first kappa shape index (κ1) is 16.4. The molecule has 0 bridgehead atoms. The molecule has 2 amide bonds. The molecule has 0 radical (unpaired) electrons. The molecule has 1 heterocycles. The molecule has 0 aliphatic carbocycles. The average molecular weight is 308 g/mol. The number of nitrogens with zero attached hydrogens (tertiary/aromatic N) is 2. The SMILES string of the molecule is CC(O)C(=O)N1CCCN(C(=O)Cc2cccc(F)c2)CC1. The number of hydrogen-bond donors (Lipinski definition) is 1. The minimum absolute atomic E-state index is 0.0723. The second kappa shape index (κ2) is 7.35. The van der Waals surface area contributed by atoms with Crippen molar-refractivity contribution in [2.75, 3.05) is 26.2 Å². The van der Waals surface area contributed by atoms with Crippen LogP contribution in [-0.4, -0.2) is 59.0 Å². The smallest absolute Gasteiger partial charge is 0.251 e. The Morgan fingerprint density at radius 2 is 1.91 bits per heavy atom. The van der Waals surface area contributed by atoms with Crippen LogP contribution in [0.1, 0.15) is 18.9 Å². The average Bonchev–Trinajstić information content (AvgIpc) is 2.72. The third kappa shape index (κ3) is 4.27. The van der Waals surface area contributed by atoms with Crippen LogP contribution in [0.15, 0.2) is 24.3 Å². The monoisotopic (exact) mass is 308 g/mol. The standard InChI is InChI=1S/C16H21FN2O3/c1-12(20)16(22)19-7-3-6-18(8-9-19)15(21)11-13-4-2-5-14(17)10-13/h2,4-5,10,12,20H,3,6-9,11H2,1H3. The van der Waals surface area contributed by atoms with E-state index in [2.05, 4.69) is 0 Å². The molecule has 0 spiro atoms. The van der Waals surface area contributed by atoms with Gasteiger partial charge in [-0.2, -0.15) is 0 Å². The van der Waals surface area contributed by atoms with Crippen molar-refractivity contribution in [3.63, 3.8) is 0 Å². The number of rotatable bonds is 3. The van der Waals surface area contributed by atoms with Gasteiger partial charge in [0, 0.05) is 26.2 Å². The Morgan fingerprint density at radius 3 is 2.59 bits per heavy atom. The summed E-state index contributed by atoms with van der Waals surface area (Å²) in [6, 6.07) is 6.02. The van der Waals surface area contributed by atoms with Crippen LogP contribution in [0.3, 0.4) is 0 Å². The molecule has 1 aromatic carbocycles. The number of aliphatic hydroxyl groups is 1. The van der Waals surface area contributed by atoms with Gasteiger partial charge in [-0.05, 0) is 31.0 Å². The number of amides is 2. The van der Waals surface area contributed by atoms with Gasteiger partial charge in [-0.1, -0.05) is 12.1 Å². The highest BCUT2D eigenvalue weighted by molar-refractivity contribution is 5.81. The zero-order valence-corrected chi connectivity index (χ0v) is 12.7. The summed E-state index contributed by atoms with van der Waals surface area (Å²) < 4.78 is 13.1. The maximum absolute atomic E-state index is 13.1. The summed E-state index contributed by atoms with van der Waals surface area (Å²) in [6.45, 7) is 3.40. The van der Waals surface area contributed by atoms with Crippen molar-refractivity contribution in [2.24, 2.45) is 0 Å². The molecule has 120 valence electrons. The predicted molar refractivity (Wildman–Crippen MR) is 79.6 cm³/mol. The Kier molecular flexibility index (Phi) is 5.49. The molecular formula is C16H21FN2O3. The summed E-state index contributed by atoms with van der Waals surface area (Å²) in [5.74, 6) is -0.730. The molecule has 6 heteroatoms. The summed E-state index contributed by atoms with van der Waals surface area (Å²) in [5, 5.41) is 9.35. The van der Waals surface area contributed by atoms with E-state index in [0.717, 1.165) is 0 Å². The summed E-state index contributed by atoms with van der Waals surface area (Å²) >= 11 is 0. The second-order valence-corrected chi connectivity index (χ2v) is 5.54. The Morgan fingerprint density at radius 1 is 1.23 bits per heavy atom. The van der Waals surface area contributed by atoms with Gasteiger partial charge in [-0.15, -0.1) is 0 Å². The van der Waals surface area contributed by atoms with Gasteiger partial charge in [-0.25, -0.2) is 4.39 Å². The van der Waals surface area contributed by atoms with E-state index >= 15 is 0 Å². The molecule has 1 aliphatic heterocycles. The first-order valence-corrected chi connectivity index (χ1v) is 7.46. The van der Waals surface area contributed by atoms with Crippen LogP contribution in [0.4, 0.5) is 4.39 Å². The van der Waals surface area contributed by atoms with E-state index in [9.17, 15) is 19.1 Å². The zero-order valence-electron chi connectivity index (χ0n) is 12.7. The van der Waals surface area contributed by atoms with Crippen molar-refractivity contribution >= 4 is 11.8 Å². The van der Waals surface area contributed by atoms with E-state index < -0.39 is 6.10 Å². The van der Waals surface area contributed by atoms with Gasteiger partial charge in [0.2, 0.25) is 5.91 Å². The number of carbonyl (C=O) groups is 2. The first-order chi connectivity index (χ1) is 10.5. The maximum Gasteiger partial charge on any atom is 0.251 e. The lowest BCUT2D eigenvalue weighted by Crippen LogP contribution is -2.41. The van der Waals surface area contributed by atoms with E-state index in [0.29, 0.717) is 38.2 Å². The molecule has 1 unspecified atom stereocenters. The molecule has 1 aliphatic rings. The van der Waals surface area contributed by atoms with Gasteiger partial charge < -0.3 is 14.9 Å². The van der Waals surface area contributed by atoms with E-state index in [1.807, 2.05) is 0 Å². The highest BCUT2D eigenvalue weighted by atomic mass is 19.1. The fourth-order valence-electron chi connectivity index (χ4n) is 2.58. The maximum atomic E-state index is 13.1. The van der Waals surface area contributed by atoms with Gasteiger partial charge in [-0.3, -0.25) is 9.59 Å². The summed E-state index contributed by atoms with van der Waals surface area (Å²) in [5.41, 5.74) is 0.645. The molecule has 1 N–H and O–H groups in total. The van der Waals surface area contributed by atoms with E-state index in [4.69, 9.17) is 0 Å². The van der Waals surface area contributed by atoms with Crippen LogP contribution >= 0.6 is 0 Å². The third-order valence-electron chi connectivity index (χ3n) is 3.76.